The van der Waals surface area contributed by atoms with Gasteiger partial charge in [0.2, 0.25) is 5.60 Å². The number of amides is 2. The molecule has 4 rings (SSSR count). The molecule has 0 aromatic heterocycles. The highest BCUT2D eigenvalue weighted by Gasteiger charge is 2.37. The average Bonchev–Trinajstić information content (AvgIpc) is 3.17. The summed E-state index contributed by atoms with van der Waals surface area (Å²) in [5.41, 5.74) is -0.166. The number of ether oxygens (including phenoxy) is 3. The van der Waals surface area contributed by atoms with Crippen LogP contribution in [-0.4, -0.2) is 65.1 Å². The molecule has 41 heavy (non-hydrogen) atoms. The molecule has 218 valence electrons. The second-order valence-electron chi connectivity index (χ2n) is 10.0. The highest BCUT2D eigenvalue weighted by Crippen LogP contribution is 2.27. The summed E-state index contributed by atoms with van der Waals surface area (Å²) in [6.07, 6.45) is -4.10. The van der Waals surface area contributed by atoms with Gasteiger partial charge < -0.3 is 29.1 Å². The van der Waals surface area contributed by atoms with Crippen LogP contribution in [0.4, 0.5) is 18.0 Å². The Morgan fingerprint density at radius 1 is 0.927 bits per heavy atom. The molecule has 1 saturated heterocycles. The Hall–Kier alpha value is -4.41. The summed E-state index contributed by atoms with van der Waals surface area (Å²) in [5.74, 6) is -0.342. The maximum absolute atomic E-state index is 12.7. The van der Waals surface area contributed by atoms with E-state index in [2.05, 4.69) is 4.74 Å². The zero-order valence-corrected chi connectivity index (χ0v) is 22.6. The number of likely N-dealkylation sites (N-methyl/N-ethyl adjacent to an activating group) is 1. The average molecular weight is 573 g/mol. The van der Waals surface area contributed by atoms with Gasteiger partial charge in [-0.25, -0.2) is 9.59 Å². The first-order valence-corrected chi connectivity index (χ1v) is 13.0. The second-order valence-corrected chi connectivity index (χ2v) is 10.0. The number of benzene rings is 3. The minimum Gasteiger partial charge on any atom is -0.494 e. The van der Waals surface area contributed by atoms with Crippen molar-refractivity contribution in [2.75, 3.05) is 20.2 Å². The first-order valence-electron chi connectivity index (χ1n) is 13.0. The van der Waals surface area contributed by atoms with E-state index in [-0.39, 0.29) is 30.8 Å². The Labute approximate surface area is 235 Å². The van der Waals surface area contributed by atoms with Crippen LogP contribution < -0.4 is 14.2 Å². The Balaban J connectivity index is 1.28. The minimum absolute atomic E-state index is 0.136. The molecule has 2 atom stereocenters. The van der Waals surface area contributed by atoms with Crippen LogP contribution in [0.5, 0.6) is 17.2 Å². The van der Waals surface area contributed by atoms with Crippen molar-refractivity contribution in [3.8, 4) is 17.2 Å². The zero-order valence-electron chi connectivity index (χ0n) is 22.6. The monoisotopic (exact) mass is 572 g/mol. The van der Waals surface area contributed by atoms with E-state index in [1.54, 1.807) is 71.4 Å². The highest BCUT2D eigenvalue weighted by atomic mass is 19.4. The highest BCUT2D eigenvalue weighted by molar-refractivity contribution is 5.78. The van der Waals surface area contributed by atoms with E-state index >= 15 is 0 Å². The van der Waals surface area contributed by atoms with Crippen LogP contribution in [0.3, 0.4) is 0 Å². The summed E-state index contributed by atoms with van der Waals surface area (Å²) in [6.45, 7) is 2.41. The molecule has 8 nitrogen and oxygen atoms in total. The number of para-hydroxylation sites is 1. The number of aliphatic carboxylic acids is 1. The predicted molar refractivity (Wildman–Crippen MR) is 144 cm³/mol. The van der Waals surface area contributed by atoms with Gasteiger partial charge in [0.1, 0.15) is 17.2 Å². The quantitative estimate of drug-likeness (QED) is 0.297. The van der Waals surface area contributed by atoms with Crippen LogP contribution in [0, 0.1) is 0 Å². The fourth-order valence-corrected chi connectivity index (χ4v) is 4.62. The standard InChI is InChI=1S/C30H31F3N2O6/c1-29(27(36)37,40-25-8-4-3-5-9-25)18-21-11-13-24(14-12-21)39-16-15-23-20-35(28(38)34(23)2)19-22-7-6-10-26(17-22)41-30(31,32)33/h3-14,17,23H,15-16,18-20H2,1-2H3,(H,36,37)/t23?,29-/m0/s1. The van der Waals surface area contributed by atoms with E-state index in [0.717, 1.165) is 5.56 Å². The maximum atomic E-state index is 12.7. The molecule has 1 heterocycles. The van der Waals surface area contributed by atoms with E-state index in [1.165, 1.54) is 25.1 Å². The smallest absolute Gasteiger partial charge is 0.494 e. The molecule has 1 N–H and O–H groups in total. The van der Waals surface area contributed by atoms with Gasteiger partial charge in [-0.2, -0.15) is 0 Å². The van der Waals surface area contributed by atoms with Crippen molar-refractivity contribution in [3.63, 3.8) is 0 Å². The number of carbonyl (C=O) groups is 2. The van der Waals surface area contributed by atoms with Crippen molar-refractivity contribution in [1.82, 2.24) is 9.80 Å². The lowest BCUT2D eigenvalue weighted by Crippen LogP contribution is -2.43. The van der Waals surface area contributed by atoms with Crippen LogP contribution >= 0.6 is 0 Å². The lowest BCUT2D eigenvalue weighted by molar-refractivity contribution is -0.274. The number of rotatable bonds is 12. The number of halogens is 3. The van der Waals surface area contributed by atoms with E-state index in [0.29, 0.717) is 36.6 Å². The molecular formula is C30H31F3N2O6. The Morgan fingerprint density at radius 2 is 1.61 bits per heavy atom. The van der Waals surface area contributed by atoms with Crippen molar-refractivity contribution in [1.29, 1.82) is 0 Å². The summed E-state index contributed by atoms with van der Waals surface area (Å²) >= 11 is 0. The van der Waals surface area contributed by atoms with Crippen molar-refractivity contribution in [2.45, 2.75) is 44.3 Å². The van der Waals surface area contributed by atoms with Crippen LogP contribution in [0.2, 0.25) is 0 Å². The molecule has 0 bridgehead atoms. The van der Waals surface area contributed by atoms with Gasteiger partial charge in [0, 0.05) is 33.0 Å². The molecule has 1 fully saturated rings. The molecule has 3 aromatic rings. The van der Waals surface area contributed by atoms with E-state index in [4.69, 9.17) is 9.47 Å². The molecular weight excluding hydrogens is 541 g/mol. The van der Waals surface area contributed by atoms with Gasteiger partial charge in [0.05, 0.1) is 12.6 Å². The van der Waals surface area contributed by atoms with Gasteiger partial charge in [-0.1, -0.05) is 42.5 Å². The molecule has 1 aliphatic heterocycles. The number of hydrogen-bond acceptors (Lipinski definition) is 5. The van der Waals surface area contributed by atoms with Gasteiger partial charge in [-0.05, 0) is 54.4 Å². The normalized spacial score (nSPS) is 16.8. The number of carbonyl (C=O) groups excluding carboxylic acids is 1. The van der Waals surface area contributed by atoms with E-state index in [1.807, 2.05) is 6.07 Å². The first kappa shape index (κ1) is 29.6. The third-order valence-electron chi connectivity index (χ3n) is 6.78. The first-order chi connectivity index (χ1) is 19.4. The summed E-state index contributed by atoms with van der Waals surface area (Å²) < 4.78 is 53.3. The van der Waals surface area contributed by atoms with Crippen molar-refractivity contribution in [3.05, 3.63) is 90.0 Å². The van der Waals surface area contributed by atoms with Gasteiger partial charge in [0.25, 0.3) is 0 Å². The van der Waals surface area contributed by atoms with Crippen LogP contribution in [-0.2, 0) is 17.8 Å². The van der Waals surface area contributed by atoms with Crippen molar-refractivity contribution < 1.29 is 42.1 Å². The molecule has 2 amide bonds. The minimum atomic E-state index is -4.79. The summed E-state index contributed by atoms with van der Waals surface area (Å²) in [6, 6.07) is 21.1. The zero-order chi connectivity index (χ0) is 29.6. The Kier molecular flexibility index (Phi) is 8.95. The molecule has 0 aliphatic carbocycles. The number of hydrogen-bond donors (Lipinski definition) is 1. The number of carboxylic acids is 1. The number of carboxylic acid groups (broad SMARTS) is 1. The van der Waals surface area contributed by atoms with Crippen LogP contribution in [0.25, 0.3) is 0 Å². The molecule has 0 radical (unpaired) electrons. The van der Waals surface area contributed by atoms with Gasteiger partial charge in [0.15, 0.2) is 0 Å². The fraction of sp³-hybridized carbons (Fsp3) is 0.333. The molecule has 3 aromatic carbocycles. The Morgan fingerprint density at radius 3 is 2.27 bits per heavy atom. The lowest BCUT2D eigenvalue weighted by atomic mass is 9.96. The number of urea groups is 1. The largest absolute Gasteiger partial charge is 0.573 e. The topological polar surface area (TPSA) is 88.5 Å². The molecule has 0 saturated carbocycles. The predicted octanol–water partition coefficient (Wildman–Crippen LogP) is 5.76. The fourth-order valence-electron chi connectivity index (χ4n) is 4.62. The van der Waals surface area contributed by atoms with Crippen LogP contribution in [0.1, 0.15) is 24.5 Å². The van der Waals surface area contributed by atoms with E-state index < -0.39 is 17.9 Å². The van der Waals surface area contributed by atoms with E-state index in [9.17, 15) is 27.9 Å². The van der Waals surface area contributed by atoms with Gasteiger partial charge in [-0.3, -0.25) is 0 Å². The maximum Gasteiger partial charge on any atom is 0.573 e. The third-order valence-corrected chi connectivity index (χ3v) is 6.78. The third kappa shape index (κ3) is 8.06. The van der Waals surface area contributed by atoms with Gasteiger partial charge in [-0.15, -0.1) is 13.2 Å². The van der Waals surface area contributed by atoms with Crippen LogP contribution in [0.15, 0.2) is 78.9 Å². The number of alkyl halides is 3. The molecule has 1 aliphatic rings. The van der Waals surface area contributed by atoms with Crippen molar-refractivity contribution >= 4 is 12.0 Å². The van der Waals surface area contributed by atoms with Crippen molar-refractivity contribution in [2.24, 2.45) is 0 Å². The second kappa shape index (κ2) is 12.4. The molecule has 0 spiro atoms. The number of nitrogens with zero attached hydrogens (tertiary/aromatic N) is 2. The lowest BCUT2D eigenvalue weighted by Gasteiger charge is -2.26. The van der Waals surface area contributed by atoms with Gasteiger partial charge >= 0.3 is 18.4 Å². The molecule has 11 heteroatoms. The summed E-state index contributed by atoms with van der Waals surface area (Å²) in [5, 5.41) is 9.80. The Bertz CT molecular complexity index is 1340. The summed E-state index contributed by atoms with van der Waals surface area (Å²) in [7, 11) is 1.68. The SMILES string of the molecule is CN1C(=O)N(Cc2cccc(OC(F)(F)F)c2)CC1CCOc1ccc(C[C@](C)(Oc2ccccc2)C(=O)O)cc1. The molecule has 1 unspecified atom stereocenters. The summed E-state index contributed by atoms with van der Waals surface area (Å²) in [4.78, 5) is 27.9.